The molecule has 0 spiro atoms. The van der Waals surface area contributed by atoms with Crippen LogP contribution in [0.25, 0.3) is 10.4 Å². The molecular weight excluding hydrogens is 384 g/mol. The largest absolute Gasteiger partial charge is 0.542 e. The van der Waals surface area contributed by atoms with Crippen molar-refractivity contribution in [3.8, 4) is 5.75 Å². The Kier molecular flexibility index (Phi) is 7.56. The van der Waals surface area contributed by atoms with Crippen LogP contribution < -0.4 is 4.43 Å². The Morgan fingerprint density at radius 2 is 1.57 bits per heavy atom. The van der Waals surface area contributed by atoms with E-state index >= 15 is 0 Å². The van der Waals surface area contributed by atoms with Crippen LogP contribution in [0, 0.1) is 6.92 Å². The van der Waals surface area contributed by atoms with Gasteiger partial charge in [0.15, 0.2) is 8.32 Å². The van der Waals surface area contributed by atoms with Gasteiger partial charge in [-0.25, -0.2) is 0 Å². The molecule has 158 valence electrons. The third kappa shape index (κ3) is 5.83. The van der Waals surface area contributed by atoms with Gasteiger partial charge in [-0.2, -0.15) is 0 Å². The highest BCUT2D eigenvalue weighted by Crippen LogP contribution is 2.41. The zero-order chi connectivity index (χ0) is 22.0. The summed E-state index contributed by atoms with van der Waals surface area (Å²) in [4.78, 5) is 7.44. The Morgan fingerprint density at radius 3 is 2.04 bits per heavy atom. The van der Waals surface area contributed by atoms with E-state index in [1.165, 1.54) is 0 Å². The van der Waals surface area contributed by atoms with Crippen molar-refractivity contribution in [2.75, 3.05) is 0 Å². The van der Waals surface area contributed by atoms with Gasteiger partial charge in [-0.05, 0) is 54.3 Å². The monoisotopic (exact) mass is 422 g/mol. The van der Waals surface area contributed by atoms with Crippen molar-refractivity contribution in [2.45, 2.75) is 97.9 Å². The van der Waals surface area contributed by atoms with Crippen LogP contribution in [-0.4, -0.2) is 21.6 Å². The minimum atomic E-state index is -2.06. The fraction of sp³-hybridized carbons (Fsp3) is 0.750. The van der Waals surface area contributed by atoms with Gasteiger partial charge in [0.1, 0.15) is 5.75 Å². The summed E-state index contributed by atoms with van der Waals surface area (Å²) < 4.78 is 13.2. The Labute approximate surface area is 172 Å². The molecule has 0 fully saturated rings. The van der Waals surface area contributed by atoms with Gasteiger partial charge in [0.2, 0.25) is 0 Å². The first-order chi connectivity index (χ1) is 12.5. The molecular formula is C20H38N4O2Si2. The van der Waals surface area contributed by atoms with E-state index in [1.54, 1.807) is 6.20 Å². The summed E-state index contributed by atoms with van der Waals surface area (Å²) in [5.41, 5.74) is 11.5. The van der Waals surface area contributed by atoms with E-state index in [9.17, 15) is 0 Å². The minimum Gasteiger partial charge on any atom is -0.542 e. The maximum atomic E-state index is 8.79. The van der Waals surface area contributed by atoms with Crippen molar-refractivity contribution >= 4 is 16.6 Å². The number of hydrogen-bond donors (Lipinski definition) is 0. The molecule has 0 radical (unpaired) electrons. The number of hydrogen-bond acceptors (Lipinski definition) is 4. The molecule has 0 saturated heterocycles. The molecule has 0 aromatic carbocycles. The zero-order valence-electron chi connectivity index (χ0n) is 19.6. The van der Waals surface area contributed by atoms with Crippen molar-refractivity contribution in [3.05, 3.63) is 33.5 Å². The summed E-state index contributed by atoms with van der Waals surface area (Å²) in [7, 11) is -4.01. The standard InChI is InChI=1S/C20H38N4O2Si2/c1-15-18(26-28(10,11)20(5,6)7)17(16(12-22-15)13-23-24-21)14-25-27(8,9)19(2,3)4/h12H,13-14H2,1-11H3. The van der Waals surface area contributed by atoms with E-state index in [0.29, 0.717) is 6.61 Å². The van der Waals surface area contributed by atoms with Gasteiger partial charge in [-0.3, -0.25) is 4.98 Å². The van der Waals surface area contributed by atoms with Crippen LogP contribution in [0.3, 0.4) is 0 Å². The lowest BCUT2D eigenvalue weighted by atomic mass is 10.1. The van der Waals surface area contributed by atoms with Gasteiger partial charge in [0.05, 0.1) is 18.8 Å². The van der Waals surface area contributed by atoms with Crippen LogP contribution in [0.4, 0.5) is 0 Å². The predicted octanol–water partition coefficient (Wildman–Crippen LogP) is 7.11. The Hall–Kier alpha value is -1.35. The maximum absolute atomic E-state index is 8.79. The molecule has 0 bridgehead atoms. The van der Waals surface area contributed by atoms with E-state index in [4.69, 9.17) is 14.4 Å². The maximum Gasteiger partial charge on any atom is 0.250 e. The molecule has 0 amide bonds. The van der Waals surface area contributed by atoms with Gasteiger partial charge in [-0.1, -0.05) is 46.7 Å². The first-order valence-corrected chi connectivity index (χ1v) is 15.7. The molecule has 0 saturated carbocycles. The predicted molar refractivity (Wildman–Crippen MR) is 122 cm³/mol. The third-order valence-corrected chi connectivity index (χ3v) is 15.1. The van der Waals surface area contributed by atoms with Crippen molar-refractivity contribution in [1.29, 1.82) is 0 Å². The van der Waals surface area contributed by atoms with Crippen LogP contribution in [0.5, 0.6) is 5.75 Å². The second-order valence-electron chi connectivity index (χ2n) is 10.5. The average molecular weight is 423 g/mol. The quantitative estimate of drug-likeness (QED) is 0.203. The molecule has 28 heavy (non-hydrogen) atoms. The fourth-order valence-corrected chi connectivity index (χ4v) is 4.12. The first kappa shape index (κ1) is 24.7. The van der Waals surface area contributed by atoms with Crippen molar-refractivity contribution in [2.24, 2.45) is 5.11 Å². The van der Waals surface area contributed by atoms with Crippen LogP contribution in [0.1, 0.15) is 58.4 Å². The number of aryl methyl sites for hydroxylation is 1. The highest BCUT2D eigenvalue weighted by Gasteiger charge is 2.41. The molecule has 1 aromatic rings. The first-order valence-electron chi connectivity index (χ1n) is 9.84. The van der Waals surface area contributed by atoms with Gasteiger partial charge in [0.25, 0.3) is 8.32 Å². The number of azide groups is 1. The molecule has 8 heteroatoms. The van der Waals surface area contributed by atoms with Crippen LogP contribution in [-0.2, 0) is 17.6 Å². The van der Waals surface area contributed by atoms with Crippen molar-refractivity contribution in [1.82, 2.24) is 4.98 Å². The molecule has 6 nitrogen and oxygen atoms in total. The second kappa shape index (κ2) is 8.57. The number of aromatic nitrogens is 1. The average Bonchev–Trinajstić information content (AvgIpc) is 2.52. The summed E-state index contributed by atoms with van der Waals surface area (Å²) in [6, 6.07) is 0. The Morgan fingerprint density at radius 1 is 1.04 bits per heavy atom. The van der Waals surface area contributed by atoms with E-state index in [0.717, 1.165) is 22.6 Å². The molecule has 0 N–H and O–H groups in total. The van der Waals surface area contributed by atoms with Crippen LogP contribution in [0.2, 0.25) is 36.3 Å². The highest BCUT2D eigenvalue weighted by molar-refractivity contribution is 6.75. The molecule has 1 rings (SSSR count). The molecule has 1 aromatic heterocycles. The summed E-state index contributed by atoms with van der Waals surface area (Å²) in [5.74, 6) is 0.802. The van der Waals surface area contributed by atoms with Gasteiger partial charge >= 0.3 is 0 Å². The number of rotatable bonds is 7. The molecule has 0 aliphatic rings. The molecule has 0 aliphatic heterocycles. The SMILES string of the molecule is Cc1ncc(CN=[N+]=[N-])c(CO[Si](C)(C)C(C)(C)C)c1O[Si](C)(C)C(C)(C)C. The summed E-state index contributed by atoms with van der Waals surface area (Å²) in [5, 5.41) is 3.94. The lowest BCUT2D eigenvalue weighted by Crippen LogP contribution is -2.44. The van der Waals surface area contributed by atoms with Gasteiger partial charge in [0, 0.05) is 16.7 Å². The summed E-state index contributed by atoms with van der Waals surface area (Å²) in [6.07, 6.45) is 1.78. The van der Waals surface area contributed by atoms with Crippen molar-refractivity contribution < 1.29 is 8.85 Å². The molecule has 0 aliphatic carbocycles. The van der Waals surface area contributed by atoms with E-state index in [-0.39, 0.29) is 16.6 Å². The summed E-state index contributed by atoms with van der Waals surface area (Å²) >= 11 is 0. The number of nitrogens with zero attached hydrogens (tertiary/aromatic N) is 4. The lowest BCUT2D eigenvalue weighted by Gasteiger charge is -2.39. The topological polar surface area (TPSA) is 80.1 Å². The second-order valence-corrected chi connectivity index (χ2v) is 20.0. The minimum absolute atomic E-state index is 0.0673. The molecule has 0 unspecified atom stereocenters. The van der Waals surface area contributed by atoms with E-state index in [2.05, 4.69) is 82.7 Å². The van der Waals surface area contributed by atoms with Crippen molar-refractivity contribution in [3.63, 3.8) is 0 Å². The normalized spacial score (nSPS) is 13.2. The highest BCUT2D eigenvalue weighted by atomic mass is 28.4. The number of pyridine rings is 1. The van der Waals surface area contributed by atoms with Crippen LogP contribution in [0.15, 0.2) is 11.3 Å². The third-order valence-electron chi connectivity index (χ3n) is 6.26. The lowest BCUT2D eigenvalue weighted by molar-refractivity contribution is 0.271. The zero-order valence-corrected chi connectivity index (χ0v) is 21.6. The molecule has 1 heterocycles. The van der Waals surface area contributed by atoms with Gasteiger partial charge in [-0.15, -0.1) is 0 Å². The summed E-state index contributed by atoms with van der Waals surface area (Å²) in [6.45, 7) is 24.9. The molecule has 0 atom stereocenters. The Bertz CT molecular complexity index is 744. The van der Waals surface area contributed by atoms with Gasteiger partial charge < -0.3 is 8.85 Å². The van der Waals surface area contributed by atoms with E-state index < -0.39 is 16.6 Å². The smallest absolute Gasteiger partial charge is 0.250 e. The fourth-order valence-electron chi connectivity index (χ4n) is 2.09. The van der Waals surface area contributed by atoms with E-state index in [1.807, 2.05) is 6.92 Å². The Balaban J connectivity index is 3.44. The van der Waals surface area contributed by atoms with Crippen LogP contribution >= 0.6 is 0 Å².